The number of carbonyl (C=O) groups excluding carboxylic acids is 1. The molecule has 2 aliphatic rings. The maximum Gasteiger partial charge on any atom is 0.257 e. The van der Waals surface area contributed by atoms with Gasteiger partial charge in [0.15, 0.2) is 5.96 Å². The van der Waals surface area contributed by atoms with Crippen molar-refractivity contribution in [1.82, 2.24) is 14.8 Å². The zero-order valence-electron chi connectivity index (χ0n) is 15.3. The van der Waals surface area contributed by atoms with Gasteiger partial charge in [-0.3, -0.25) is 19.6 Å². The van der Waals surface area contributed by atoms with Crippen molar-refractivity contribution in [3.63, 3.8) is 0 Å². The number of hydrogen-bond acceptors (Lipinski definition) is 5. The lowest BCUT2D eigenvalue weighted by Crippen LogP contribution is -2.52. The van der Waals surface area contributed by atoms with Crippen LogP contribution in [0.2, 0.25) is 0 Å². The standard InChI is InChI=1S/C19H29N5O/c1-3-4-9-19(17(25)23(2)18(20)22-19)16-6-5-12-24(14-16)13-15-7-10-21-11-8-15/h7-8,10-11,16H,3-6,9,12-14H2,1-2H3,(H2,20,22)/t16-,19-/m1/s1. The summed E-state index contributed by atoms with van der Waals surface area (Å²) in [6.45, 7) is 5.00. The average molecular weight is 343 g/mol. The summed E-state index contributed by atoms with van der Waals surface area (Å²) in [7, 11) is 1.74. The van der Waals surface area contributed by atoms with Gasteiger partial charge in [-0.2, -0.15) is 0 Å². The number of nitrogens with zero attached hydrogens (tertiary/aromatic N) is 4. The second-order valence-corrected chi connectivity index (χ2v) is 7.29. The molecule has 0 unspecified atom stereocenters. The minimum absolute atomic E-state index is 0.0780. The highest BCUT2D eigenvalue weighted by molar-refractivity contribution is 6.06. The number of likely N-dealkylation sites (tertiary alicyclic amines) is 1. The molecule has 1 aromatic rings. The summed E-state index contributed by atoms with van der Waals surface area (Å²) in [5.74, 6) is 0.673. The van der Waals surface area contributed by atoms with Gasteiger partial charge in [-0.05, 0) is 43.5 Å². The summed E-state index contributed by atoms with van der Waals surface area (Å²) in [6, 6.07) is 4.11. The molecule has 3 heterocycles. The number of amides is 1. The van der Waals surface area contributed by atoms with E-state index in [0.717, 1.165) is 51.7 Å². The highest BCUT2D eigenvalue weighted by Gasteiger charge is 2.52. The predicted molar refractivity (Wildman–Crippen MR) is 98.9 cm³/mol. The lowest BCUT2D eigenvalue weighted by Gasteiger charge is -2.40. The molecule has 3 rings (SSSR count). The van der Waals surface area contributed by atoms with Crippen LogP contribution in [0.1, 0.15) is 44.6 Å². The molecule has 6 heteroatoms. The van der Waals surface area contributed by atoms with Gasteiger partial charge in [0.05, 0.1) is 0 Å². The Labute approximate surface area is 150 Å². The molecule has 136 valence electrons. The van der Waals surface area contributed by atoms with Gasteiger partial charge in [0.1, 0.15) is 5.54 Å². The third-order valence-corrected chi connectivity index (χ3v) is 5.58. The van der Waals surface area contributed by atoms with E-state index in [9.17, 15) is 4.79 Å². The third kappa shape index (κ3) is 3.54. The van der Waals surface area contributed by atoms with Gasteiger partial charge < -0.3 is 5.73 Å². The molecule has 6 nitrogen and oxygen atoms in total. The minimum atomic E-state index is -0.661. The third-order valence-electron chi connectivity index (χ3n) is 5.58. The largest absolute Gasteiger partial charge is 0.369 e. The van der Waals surface area contributed by atoms with Crippen LogP contribution in [0.5, 0.6) is 0 Å². The molecule has 1 fully saturated rings. The normalized spacial score (nSPS) is 27.6. The second-order valence-electron chi connectivity index (χ2n) is 7.29. The van der Waals surface area contributed by atoms with Crippen molar-refractivity contribution in [1.29, 1.82) is 0 Å². The number of unbranched alkanes of at least 4 members (excludes halogenated alkanes) is 1. The zero-order valence-corrected chi connectivity index (χ0v) is 15.3. The number of nitrogens with two attached hydrogens (primary N) is 1. The maximum absolute atomic E-state index is 13.0. The van der Waals surface area contributed by atoms with Crippen molar-refractivity contribution in [3.05, 3.63) is 30.1 Å². The van der Waals surface area contributed by atoms with Crippen LogP contribution in [-0.2, 0) is 11.3 Å². The molecule has 2 N–H and O–H groups in total. The number of carbonyl (C=O) groups is 1. The molecule has 0 radical (unpaired) electrons. The average Bonchev–Trinajstić information content (AvgIpc) is 2.86. The Kier molecular flexibility index (Phi) is 5.37. The van der Waals surface area contributed by atoms with Crippen molar-refractivity contribution < 1.29 is 4.79 Å². The molecule has 0 bridgehead atoms. The topological polar surface area (TPSA) is 74.8 Å². The quantitative estimate of drug-likeness (QED) is 0.857. The van der Waals surface area contributed by atoms with Crippen LogP contribution in [0.4, 0.5) is 0 Å². The molecule has 2 aliphatic heterocycles. The number of hydrogen-bond donors (Lipinski definition) is 1. The number of guanidine groups is 1. The summed E-state index contributed by atoms with van der Waals surface area (Å²) in [5.41, 5.74) is 6.61. The van der Waals surface area contributed by atoms with E-state index in [-0.39, 0.29) is 11.8 Å². The fourth-order valence-electron chi connectivity index (χ4n) is 4.14. The Balaban J connectivity index is 1.78. The predicted octanol–water partition coefficient (Wildman–Crippen LogP) is 2.01. The molecular weight excluding hydrogens is 314 g/mol. The number of pyridine rings is 1. The first-order valence-electron chi connectivity index (χ1n) is 9.31. The van der Waals surface area contributed by atoms with E-state index in [1.165, 1.54) is 10.5 Å². The lowest BCUT2D eigenvalue weighted by atomic mass is 9.75. The van der Waals surface area contributed by atoms with E-state index in [4.69, 9.17) is 10.7 Å². The number of piperidine rings is 1. The summed E-state index contributed by atoms with van der Waals surface area (Å²) in [5, 5.41) is 0. The molecule has 0 spiro atoms. The van der Waals surface area contributed by atoms with Gasteiger partial charge in [-0.1, -0.05) is 19.8 Å². The van der Waals surface area contributed by atoms with Gasteiger partial charge in [0, 0.05) is 38.4 Å². The van der Waals surface area contributed by atoms with Crippen molar-refractivity contribution in [2.24, 2.45) is 16.6 Å². The molecule has 25 heavy (non-hydrogen) atoms. The van der Waals surface area contributed by atoms with E-state index < -0.39 is 5.54 Å². The molecule has 1 saturated heterocycles. The first-order valence-corrected chi connectivity index (χ1v) is 9.31. The summed E-state index contributed by atoms with van der Waals surface area (Å²) < 4.78 is 0. The van der Waals surface area contributed by atoms with Gasteiger partial charge >= 0.3 is 0 Å². The summed E-state index contributed by atoms with van der Waals surface area (Å²) in [6.07, 6.45) is 8.64. The van der Waals surface area contributed by atoms with Crippen LogP contribution in [-0.4, -0.2) is 52.3 Å². The SMILES string of the molecule is CCCC[C@]1([C@@H]2CCCN(Cc3ccncc3)C2)N=C(N)N(C)C1=O. The summed E-state index contributed by atoms with van der Waals surface area (Å²) >= 11 is 0. The fourth-order valence-corrected chi connectivity index (χ4v) is 4.14. The Morgan fingerprint density at radius 3 is 2.76 bits per heavy atom. The number of aliphatic imine (C=N–C) groups is 1. The van der Waals surface area contributed by atoms with Crippen molar-refractivity contribution >= 4 is 11.9 Å². The minimum Gasteiger partial charge on any atom is -0.369 e. The second kappa shape index (κ2) is 7.52. The van der Waals surface area contributed by atoms with Gasteiger partial charge in [0.25, 0.3) is 5.91 Å². The molecular formula is C19H29N5O. The van der Waals surface area contributed by atoms with Crippen LogP contribution < -0.4 is 5.73 Å². The van der Waals surface area contributed by atoms with E-state index >= 15 is 0 Å². The first kappa shape index (κ1) is 17.9. The highest BCUT2D eigenvalue weighted by atomic mass is 16.2. The highest BCUT2D eigenvalue weighted by Crippen LogP contribution is 2.39. The first-order chi connectivity index (χ1) is 12.1. The van der Waals surface area contributed by atoms with E-state index in [0.29, 0.717) is 5.96 Å². The van der Waals surface area contributed by atoms with Gasteiger partial charge in [-0.25, -0.2) is 4.99 Å². The Bertz CT molecular complexity index is 632. The summed E-state index contributed by atoms with van der Waals surface area (Å²) in [4.78, 5) is 25.8. The zero-order chi connectivity index (χ0) is 17.9. The maximum atomic E-state index is 13.0. The Morgan fingerprint density at radius 1 is 1.36 bits per heavy atom. The monoisotopic (exact) mass is 343 g/mol. The van der Waals surface area contributed by atoms with E-state index in [1.807, 2.05) is 12.4 Å². The van der Waals surface area contributed by atoms with Crippen LogP contribution in [0.3, 0.4) is 0 Å². The number of likely N-dealkylation sites (N-methyl/N-ethyl adjacent to an activating group) is 1. The molecule has 0 aromatic carbocycles. The van der Waals surface area contributed by atoms with Gasteiger partial charge in [0.2, 0.25) is 0 Å². The van der Waals surface area contributed by atoms with Crippen LogP contribution in [0, 0.1) is 5.92 Å². The molecule has 2 atom stereocenters. The van der Waals surface area contributed by atoms with Crippen molar-refractivity contribution in [2.75, 3.05) is 20.1 Å². The lowest BCUT2D eigenvalue weighted by molar-refractivity contribution is -0.133. The van der Waals surface area contributed by atoms with Crippen LogP contribution in [0.25, 0.3) is 0 Å². The van der Waals surface area contributed by atoms with Crippen LogP contribution >= 0.6 is 0 Å². The van der Waals surface area contributed by atoms with Crippen LogP contribution in [0.15, 0.2) is 29.5 Å². The van der Waals surface area contributed by atoms with Crippen molar-refractivity contribution in [2.45, 2.75) is 51.1 Å². The number of rotatable bonds is 6. The van der Waals surface area contributed by atoms with Crippen molar-refractivity contribution in [3.8, 4) is 0 Å². The fraction of sp³-hybridized carbons (Fsp3) is 0.632. The molecule has 0 aliphatic carbocycles. The molecule has 0 saturated carbocycles. The Morgan fingerprint density at radius 2 is 2.12 bits per heavy atom. The number of aromatic nitrogens is 1. The van der Waals surface area contributed by atoms with E-state index in [2.05, 4.69) is 28.9 Å². The molecule has 1 amide bonds. The Hall–Kier alpha value is -1.95. The molecule has 1 aromatic heterocycles. The van der Waals surface area contributed by atoms with E-state index in [1.54, 1.807) is 7.05 Å². The van der Waals surface area contributed by atoms with Gasteiger partial charge in [-0.15, -0.1) is 0 Å². The smallest absolute Gasteiger partial charge is 0.257 e.